The van der Waals surface area contributed by atoms with Crippen LogP contribution in [0, 0.1) is 31.5 Å². The van der Waals surface area contributed by atoms with Crippen molar-refractivity contribution in [3.63, 3.8) is 0 Å². The number of nitrogens with two attached hydrogens (primary N) is 1. The van der Waals surface area contributed by atoms with Gasteiger partial charge in [-0.1, -0.05) is 12.1 Å². The third-order valence-corrected chi connectivity index (χ3v) is 6.44. The highest BCUT2D eigenvalue weighted by atomic mass is 19.1. The summed E-state index contributed by atoms with van der Waals surface area (Å²) >= 11 is 0. The molecule has 2 N–H and O–H groups in total. The van der Waals surface area contributed by atoms with Crippen molar-refractivity contribution in [1.29, 1.82) is 0 Å². The third-order valence-electron chi connectivity index (χ3n) is 6.44. The molecular formula is C23H29FN4O. The number of carbonyl (C=O) groups excluding carboxylic acids is 1. The lowest BCUT2D eigenvalue weighted by Crippen LogP contribution is -2.34. The summed E-state index contributed by atoms with van der Waals surface area (Å²) in [4.78, 5) is 21.8. The molecule has 2 unspecified atom stereocenters. The highest BCUT2D eigenvalue weighted by molar-refractivity contribution is 5.96. The maximum absolute atomic E-state index is 13.4. The second-order valence-corrected chi connectivity index (χ2v) is 8.53. The summed E-state index contributed by atoms with van der Waals surface area (Å²) in [5.74, 6) is 0.905. The van der Waals surface area contributed by atoms with E-state index in [0.717, 1.165) is 61.5 Å². The molecule has 0 saturated carbocycles. The molecule has 1 amide bonds. The second kappa shape index (κ2) is 8.20. The Kier molecular flexibility index (Phi) is 5.65. The summed E-state index contributed by atoms with van der Waals surface area (Å²) in [5, 5.41) is 0. The average molecular weight is 397 g/mol. The molecule has 2 aliphatic rings. The molecule has 2 aromatic rings. The number of amides is 1. The van der Waals surface area contributed by atoms with Gasteiger partial charge in [-0.3, -0.25) is 9.78 Å². The zero-order valence-corrected chi connectivity index (χ0v) is 17.1. The number of hydrogen-bond acceptors (Lipinski definition) is 4. The topological polar surface area (TPSA) is 62.5 Å². The van der Waals surface area contributed by atoms with Gasteiger partial charge in [0.05, 0.1) is 11.3 Å². The van der Waals surface area contributed by atoms with Crippen LogP contribution in [-0.2, 0) is 0 Å². The van der Waals surface area contributed by atoms with Crippen LogP contribution in [0.1, 0.15) is 39.6 Å². The summed E-state index contributed by atoms with van der Waals surface area (Å²) in [6.07, 6.45) is 2.56. The summed E-state index contributed by atoms with van der Waals surface area (Å²) in [5.41, 5.74) is 9.66. The molecule has 1 aromatic heterocycles. The van der Waals surface area contributed by atoms with E-state index in [1.54, 1.807) is 12.3 Å². The molecule has 0 bridgehead atoms. The fourth-order valence-electron chi connectivity index (χ4n) is 4.84. The summed E-state index contributed by atoms with van der Waals surface area (Å²) in [6, 6.07) is 8.32. The van der Waals surface area contributed by atoms with Crippen molar-refractivity contribution < 1.29 is 9.18 Å². The van der Waals surface area contributed by atoms with Crippen LogP contribution in [0.4, 0.5) is 4.39 Å². The Morgan fingerprint density at radius 2 is 1.93 bits per heavy atom. The molecule has 29 heavy (non-hydrogen) atoms. The van der Waals surface area contributed by atoms with E-state index in [2.05, 4.69) is 9.88 Å². The number of likely N-dealkylation sites (tertiary alicyclic amines) is 2. The van der Waals surface area contributed by atoms with Crippen molar-refractivity contribution in [2.45, 2.75) is 26.3 Å². The van der Waals surface area contributed by atoms with Crippen LogP contribution >= 0.6 is 0 Å². The lowest BCUT2D eigenvalue weighted by Gasteiger charge is -2.23. The quantitative estimate of drug-likeness (QED) is 0.844. The van der Waals surface area contributed by atoms with Crippen LogP contribution in [0.15, 0.2) is 36.5 Å². The number of pyridine rings is 1. The number of halogens is 1. The first-order valence-corrected chi connectivity index (χ1v) is 10.4. The molecule has 3 atom stereocenters. The van der Waals surface area contributed by atoms with Gasteiger partial charge in [0.25, 0.3) is 5.91 Å². The van der Waals surface area contributed by atoms with E-state index in [1.165, 1.54) is 12.1 Å². The molecule has 2 aliphatic heterocycles. The van der Waals surface area contributed by atoms with Crippen molar-refractivity contribution in [3.05, 3.63) is 64.7 Å². The van der Waals surface area contributed by atoms with Crippen molar-refractivity contribution in [1.82, 2.24) is 14.8 Å². The van der Waals surface area contributed by atoms with E-state index in [0.29, 0.717) is 11.8 Å². The lowest BCUT2D eigenvalue weighted by atomic mass is 10.0. The van der Waals surface area contributed by atoms with Crippen molar-refractivity contribution in [2.75, 3.05) is 32.7 Å². The molecule has 1 aromatic carbocycles. The smallest absolute Gasteiger partial charge is 0.255 e. The molecule has 4 rings (SSSR count). The number of aryl methyl sites for hydroxylation is 2. The monoisotopic (exact) mass is 396 g/mol. The first-order chi connectivity index (χ1) is 13.9. The average Bonchev–Trinajstić information content (AvgIpc) is 3.24. The number of nitrogens with zero attached hydrogens (tertiary/aromatic N) is 3. The fourth-order valence-corrected chi connectivity index (χ4v) is 4.84. The number of aromatic nitrogens is 1. The van der Waals surface area contributed by atoms with Crippen molar-refractivity contribution >= 4 is 5.91 Å². The van der Waals surface area contributed by atoms with Crippen LogP contribution in [0.2, 0.25) is 0 Å². The Hall–Kier alpha value is -2.31. The molecule has 2 saturated heterocycles. The predicted molar refractivity (Wildman–Crippen MR) is 111 cm³/mol. The van der Waals surface area contributed by atoms with Crippen LogP contribution in [0.25, 0.3) is 0 Å². The van der Waals surface area contributed by atoms with Gasteiger partial charge in [-0.15, -0.1) is 0 Å². The first kappa shape index (κ1) is 20.0. The van der Waals surface area contributed by atoms with Crippen LogP contribution in [0.5, 0.6) is 0 Å². The predicted octanol–water partition coefficient (Wildman–Crippen LogP) is 2.93. The molecular weight excluding hydrogens is 367 g/mol. The van der Waals surface area contributed by atoms with Crippen LogP contribution in [-0.4, -0.2) is 53.4 Å². The van der Waals surface area contributed by atoms with E-state index in [-0.39, 0.29) is 17.8 Å². The lowest BCUT2D eigenvalue weighted by molar-refractivity contribution is 0.0772. The Balaban J connectivity index is 1.30. The normalized spacial score (nSPS) is 22.7. The molecule has 0 spiro atoms. The van der Waals surface area contributed by atoms with Gasteiger partial charge in [0.2, 0.25) is 0 Å². The largest absolute Gasteiger partial charge is 0.338 e. The maximum Gasteiger partial charge on any atom is 0.255 e. The first-order valence-electron chi connectivity index (χ1n) is 10.4. The Morgan fingerprint density at radius 1 is 1.21 bits per heavy atom. The Morgan fingerprint density at radius 3 is 2.59 bits per heavy atom. The number of rotatable bonds is 5. The summed E-state index contributed by atoms with van der Waals surface area (Å²) in [7, 11) is 0. The minimum absolute atomic E-state index is 0.113. The van der Waals surface area contributed by atoms with Gasteiger partial charge >= 0.3 is 0 Å². The zero-order chi connectivity index (χ0) is 20.5. The van der Waals surface area contributed by atoms with Gasteiger partial charge in [0, 0.05) is 38.4 Å². The van der Waals surface area contributed by atoms with Gasteiger partial charge in [-0.25, -0.2) is 4.39 Å². The van der Waals surface area contributed by atoms with Gasteiger partial charge in [-0.2, -0.15) is 0 Å². The van der Waals surface area contributed by atoms with E-state index >= 15 is 0 Å². The van der Waals surface area contributed by atoms with E-state index in [4.69, 9.17) is 5.73 Å². The molecule has 0 aliphatic carbocycles. The van der Waals surface area contributed by atoms with E-state index in [1.807, 2.05) is 30.9 Å². The SMILES string of the molecule is Cc1ccnc(C)c1C(=O)N1CC2CN(CC[C@H](N)c3cccc(F)c3)CC2C1. The zero-order valence-electron chi connectivity index (χ0n) is 17.1. The minimum Gasteiger partial charge on any atom is -0.338 e. The Labute approximate surface area is 171 Å². The van der Waals surface area contributed by atoms with Crippen molar-refractivity contribution in [2.24, 2.45) is 17.6 Å². The van der Waals surface area contributed by atoms with E-state index in [9.17, 15) is 9.18 Å². The number of fused-ring (bicyclic) bond motifs is 1. The van der Waals surface area contributed by atoms with Crippen LogP contribution in [0.3, 0.4) is 0 Å². The molecule has 5 nitrogen and oxygen atoms in total. The standard InChI is InChI=1S/C23H29FN4O/c1-15-6-8-26-16(2)22(15)23(29)28-13-18-11-27(12-19(18)14-28)9-7-21(25)17-4-3-5-20(24)10-17/h3-6,8,10,18-19,21H,7,9,11-14,25H2,1-2H3/t18?,19?,21-/m0/s1. The van der Waals surface area contributed by atoms with Gasteiger partial charge in [0.1, 0.15) is 5.82 Å². The number of hydrogen-bond donors (Lipinski definition) is 1. The number of carbonyl (C=O) groups is 1. The highest BCUT2D eigenvalue weighted by Crippen LogP contribution is 2.33. The molecule has 154 valence electrons. The second-order valence-electron chi connectivity index (χ2n) is 8.53. The minimum atomic E-state index is -0.238. The van der Waals surface area contributed by atoms with Gasteiger partial charge < -0.3 is 15.5 Å². The molecule has 2 fully saturated rings. The molecule has 0 radical (unpaired) electrons. The van der Waals surface area contributed by atoms with Gasteiger partial charge in [-0.05, 0) is 68.0 Å². The summed E-state index contributed by atoms with van der Waals surface area (Å²) in [6.45, 7) is 8.39. The van der Waals surface area contributed by atoms with Crippen molar-refractivity contribution in [3.8, 4) is 0 Å². The number of benzene rings is 1. The molecule has 6 heteroatoms. The van der Waals surface area contributed by atoms with Gasteiger partial charge in [0.15, 0.2) is 0 Å². The highest BCUT2D eigenvalue weighted by Gasteiger charge is 2.42. The Bertz CT molecular complexity index is 868. The maximum atomic E-state index is 13.4. The summed E-state index contributed by atoms with van der Waals surface area (Å²) < 4.78 is 13.4. The van der Waals surface area contributed by atoms with E-state index < -0.39 is 0 Å². The fraction of sp³-hybridized carbons (Fsp3) is 0.478. The van der Waals surface area contributed by atoms with Crippen LogP contribution < -0.4 is 5.73 Å². The molecule has 3 heterocycles. The third kappa shape index (κ3) is 4.19.